The average molecular weight is 310 g/mol. The van der Waals surface area contributed by atoms with Gasteiger partial charge in [-0.3, -0.25) is 4.90 Å². The van der Waals surface area contributed by atoms with Gasteiger partial charge in [0.15, 0.2) is 5.82 Å². The normalized spacial score (nSPS) is 17.5. The number of nitrogens with zero attached hydrogens (tertiary/aromatic N) is 6. The SMILES string of the molecule is CN(C(=O)OC(C)(C)C)C1CCN(Cc2nnnn2C)CC1. The fourth-order valence-electron chi connectivity index (χ4n) is 2.53. The van der Waals surface area contributed by atoms with Gasteiger partial charge in [-0.1, -0.05) is 0 Å². The molecule has 1 aromatic heterocycles. The summed E-state index contributed by atoms with van der Waals surface area (Å²) in [5, 5.41) is 11.5. The molecule has 8 nitrogen and oxygen atoms in total. The summed E-state index contributed by atoms with van der Waals surface area (Å²) in [7, 11) is 3.67. The van der Waals surface area contributed by atoms with E-state index < -0.39 is 5.60 Å². The topological polar surface area (TPSA) is 76.4 Å². The third kappa shape index (κ3) is 4.40. The van der Waals surface area contributed by atoms with Crippen LogP contribution >= 0.6 is 0 Å². The van der Waals surface area contributed by atoms with Crippen molar-refractivity contribution in [3.63, 3.8) is 0 Å². The summed E-state index contributed by atoms with van der Waals surface area (Å²) in [6.07, 6.45) is 1.62. The highest BCUT2D eigenvalue weighted by atomic mass is 16.6. The smallest absolute Gasteiger partial charge is 0.410 e. The highest BCUT2D eigenvalue weighted by Gasteiger charge is 2.28. The minimum Gasteiger partial charge on any atom is -0.444 e. The molecular formula is C14H26N6O2. The van der Waals surface area contributed by atoms with Gasteiger partial charge in [0.2, 0.25) is 0 Å². The molecule has 0 radical (unpaired) electrons. The van der Waals surface area contributed by atoms with Crippen molar-refractivity contribution < 1.29 is 9.53 Å². The van der Waals surface area contributed by atoms with Crippen molar-refractivity contribution in [3.8, 4) is 0 Å². The Labute approximate surface area is 131 Å². The molecule has 0 N–H and O–H groups in total. The third-order valence-corrected chi connectivity index (χ3v) is 3.86. The van der Waals surface area contributed by atoms with E-state index >= 15 is 0 Å². The Morgan fingerprint density at radius 1 is 1.36 bits per heavy atom. The predicted octanol–water partition coefficient (Wildman–Crippen LogP) is 1.04. The monoisotopic (exact) mass is 310 g/mol. The average Bonchev–Trinajstić information content (AvgIpc) is 2.82. The summed E-state index contributed by atoms with van der Waals surface area (Å²) >= 11 is 0. The minimum atomic E-state index is -0.454. The van der Waals surface area contributed by atoms with E-state index in [9.17, 15) is 4.79 Å². The van der Waals surface area contributed by atoms with Crippen LogP contribution in [-0.2, 0) is 18.3 Å². The first-order chi connectivity index (χ1) is 10.3. The first-order valence-electron chi connectivity index (χ1n) is 7.65. The Morgan fingerprint density at radius 2 is 2.00 bits per heavy atom. The summed E-state index contributed by atoms with van der Waals surface area (Å²) in [5.41, 5.74) is -0.454. The summed E-state index contributed by atoms with van der Waals surface area (Å²) in [6, 6.07) is 0.226. The number of ether oxygens (including phenoxy) is 1. The van der Waals surface area contributed by atoms with Crippen molar-refractivity contribution in [1.82, 2.24) is 30.0 Å². The van der Waals surface area contributed by atoms with E-state index in [1.54, 1.807) is 9.58 Å². The van der Waals surface area contributed by atoms with Gasteiger partial charge in [0.05, 0.1) is 6.54 Å². The molecule has 1 amide bonds. The Hall–Kier alpha value is -1.70. The van der Waals surface area contributed by atoms with Crippen molar-refractivity contribution in [2.75, 3.05) is 20.1 Å². The predicted molar refractivity (Wildman–Crippen MR) is 81.1 cm³/mol. The largest absolute Gasteiger partial charge is 0.444 e. The van der Waals surface area contributed by atoms with Crippen molar-refractivity contribution in [1.29, 1.82) is 0 Å². The first kappa shape index (κ1) is 16.7. The van der Waals surface area contributed by atoms with E-state index in [1.807, 2.05) is 34.9 Å². The summed E-state index contributed by atoms with van der Waals surface area (Å²) < 4.78 is 7.12. The zero-order valence-corrected chi connectivity index (χ0v) is 14.1. The molecule has 2 heterocycles. The van der Waals surface area contributed by atoms with E-state index in [0.717, 1.165) is 38.3 Å². The van der Waals surface area contributed by atoms with Crippen molar-refractivity contribution in [2.24, 2.45) is 7.05 Å². The van der Waals surface area contributed by atoms with Crippen LogP contribution in [0, 0.1) is 0 Å². The molecule has 0 aliphatic carbocycles. The molecule has 1 fully saturated rings. The summed E-state index contributed by atoms with van der Waals surface area (Å²) in [5.74, 6) is 0.860. The molecule has 0 spiro atoms. The number of piperidine rings is 1. The number of carbonyl (C=O) groups excluding carboxylic acids is 1. The van der Waals surface area contributed by atoms with E-state index in [-0.39, 0.29) is 12.1 Å². The zero-order valence-electron chi connectivity index (χ0n) is 14.1. The molecular weight excluding hydrogens is 284 g/mol. The summed E-state index contributed by atoms with van der Waals surface area (Å²) in [4.78, 5) is 16.1. The number of hydrogen-bond acceptors (Lipinski definition) is 6. The van der Waals surface area contributed by atoms with Crippen LogP contribution in [0.5, 0.6) is 0 Å². The van der Waals surface area contributed by atoms with Crippen LogP contribution in [0.15, 0.2) is 0 Å². The number of amides is 1. The minimum absolute atomic E-state index is 0.226. The second-order valence-electron chi connectivity index (χ2n) is 6.82. The van der Waals surface area contributed by atoms with Gasteiger partial charge < -0.3 is 9.64 Å². The Balaban J connectivity index is 1.81. The molecule has 1 aliphatic heterocycles. The molecule has 124 valence electrons. The molecule has 22 heavy (non-hydrogen) atoms. The lowest BCUT2D eigenvalue weighted by Gasteiger charge is -2.37. The van der Waals surface area contributed by atoms with Gasteiger partial charge in [-0.2, -0.15) is 0 Å². The Bertz CT molecular complexity index is 502. The fraction of sp³-hybridized carbons (Fsp3) is 0.857. The Morgan fingerprint density at radius 3 is 2.50 bits per heavy atom. The van der Waals surface area contributed by atoms with E-state index in [2.05, 4.69) is 20.4 Å². The number of hydrogen-bond donors (Lipinski definition) is 0. The van der Waals surface area contributed by atoms with Gasteiger partial charge in [-0.05, 0) is 44.0 Å². The molecule has 0 unspecified atom stereocenters. The molecule has 0 bridgehead atoms. The molecule has 8 heteroatoms. The van der Waals surface area contributed by atoms with Crippen LogP contribution in [0.4, 0.5) is 4.79 Å². The van der Waals surface area contributed by atoms with Crippen LogP contribution in [0.2, 0.25) is 0 Å². The maximum atomic E-state index is 12.1. The van der Waals surface area contributed by atoms with Crippen molar-refractivity contribution in [3.05, 3.63) is 5.82 Å². The van der Waals surface area contributed by atoms with Crippen LogP contribution in [0.3, 0.4) is 0 Å². The number of aryl methyl sites for hydroxylation is 1. The van der Waals surface area contributed by atoms with E-state index in [4.69, 9.17) is 4.74 Å². The van der Waals surface area contributed by atoms with Gasteiger partial charge in [0.25, 0.3) is 0 Å². The number of likely N-dealkylation sites (tertiary alicyclic amines) is 1. The number of rotatable bonds is 3. The molecule has 0 saturated carbocycles. The zero-order chi connectivity index (χ0) is 16.3. The summed E-state index contributed by atoms with van der Waals surface area (Å²) in [6.45, 7) is 8.24. The molecule has 2 rings (SSSR count). The van der Waals surface area contributed by atoms with Gasteiger partial charge >= 0.3 is 6.09 Å². The third-order valence-electron chi connectivity index (χ3n) is 3.86. The molecule has 0 atom stereocenters. The van der Waals surface area contributed by atoms with Crippen LogP contribution < -0.4 is 0 Å². The van der Waals surface area contributed by atoms with Crippen molar-refractivity contribution in [2.45, 2.75) is 51.8 Å². The van der Waals surface area contributed by atoms with Crippen LogP contribution in [0.25, 0.3) is 0 Å². The molecule has 1 saturated heterocycles. The Kier molecular flexibility index (Phi) is 5.00. The van der Waals surface area contributed by atoms with E-state index in [0.29, 0.717) is 0 Å². The lowest BCUT2D eigenvalue weighted by atomic mass is 10.0. The lowest BCUT2D eigenvalue weighted by Crippen LogP contribution is -2.47. The lowest BCUT2D eigenvalue weighted by molar-refractivity contribution is 0.0147. The van der Waals surface area contributed by atoms with Crippen molar-refractivity contribution >= 4 is 6.09 Å². The first-order valence-corrected chi connectivity index (χ1v) is 7.65. The van der Waals surface area contributed by atoms with Gasteiger partial charge in [-0.25, -0.2) is 9.48 Å². The maximum Gasteiger partial charge on any atom is 0.410 e. The van der Waals surface area contributed by atoms with Crippen LogP contribution in [0.1, 0.15) is 39.4 Å². The van der Waals surface area contributed by atoms with Crippen LogP contribution in [-0.4, -0.2) is 67.9 Å². The molecule has 1 aliphatic rings. The number of tetrazole rings is 1. The van der Waals surface area contributed by atoms with Gasteiger partial charge in [-0.15, -0.1) is 5.10 Å². The van der Waals surface area contributed by atoms with E-state index in [1.165, 1.54) is 0 Å². The molecule has 1 aromatic rings. The van der Waals surface area contributed by atoms with Gasteiger partial charge in [0, 0.05) is 33.2 Å². The standard InChI is InChI=1S/C14H26N6O2/c1-14(2,3)22-13(21)18(4)11-6-8-20(9-7-11)10-12-15-16-17-19(12)5/h11H,6-10H2,1-5H3. The highest BCUT2D eigenvalue weighted by Crippen LogP contribution is 2.19. The quantitative estimate of drug-likeness (QED) is 0.830. The second kappa shape index (κ2) is 6.60. The number of carbonyl (C=O) groups is 1. The van der Waals surface area contributed by atoms with Gasteiger partial charge in [0.1, 0.15) is 5.60 Å². The second-order valence-corrected chi connectivity index (χ2v) is 6.82. The highest BCUT2D eigenvalue weighted by molar-refractivity contribution is 5.68. The molecule has 0 aromatic carbocycles. The maximum absolute atomic E-state index is 12.1. The fourth-order valence-corrected chi connectivity index (χ4v) is 2.53. The number of aromatic nitrogens is 4.